The molecule has 1 atom stereocenters. The van der Waals surface area contributed by atoms with Gasteiger partial charge in [0.1, 0.15) is 0 Å². The number of rotatable bonds is 2. The van der Waals surface area contributed by atoms with Gasteiger partial charge in [-0.3, -0.25) is 0 Å². The first-order valence-electron chi connectivity index (χ1n) is 4.28. The molecule has 4 nitrogen and oxygen atoms in total. The monoisotopic (exact) mass is 208 g/mol. The average molecular weight is 208 g/mol. The second-order valence-corrected chi connectivity index (χ2v) is 3.36. The fourth-order valence-corrected chi connectivity index (χ4v) is 1.62. The van der Waals surface area contributed by atoms with Crippen molar-refractivity contribution in [2.24, 2.45) is 9.98 Å². The van der Waals surface area contributed by atoms with Crippen LogP contribution in [-0.4, -0.2) is 18.0 Å². The zero-order valence-corrected chi connectivity index (χ0v) is 8.37. The molecule has 0 amide bonds. The average Bonchev–Trinajstić information content (AvgIpc) is 2.11. The Balaban J connectivity index is 3.19. The highest BCUT2D eigenvalue weighted by atomic mass is 19.1. The van der Waals surface area contributed by atoms with E-state index in [9.17, 15) is 14.0 Å². The van der Waals surface area contributed by atoms with Crippen molar-refractivity contribution in [2.45, 2.75) is 26.1 Å². The minimum Gasteiger partial charge on any atom is -0.212 e. The predicted molar refractivity (Wildman–Crippen MR) is 51.2 cm³/mol. The fraction of sp³-hybridized carbons (Fsp3) is 0.400. The van der Waals surface area contributed by atoms with Gasteiger partial charge in [-0.25, -0.2) is 14.0 Å². The number of allylic oxidation sites excluding steroid dienone is 1. The summed E-state index contributed by atoms with van der Waals surface area (Å²) < 4.78 is 13.8. The van der Waals surface area contributed by atoms with Crippen LogP contribution in [0.3, 0.4) is 0 Å². The first-order chi connectivity index (χ1) is 7.02. The van der Waals surface area contributed by atoms with E-state index in [-0.39, 0.29) is 6.42 Å². The minimum absolute atomic E-state index is 0.0971. The lowest BCUT2D eigenvalue weighted by Crippen LogP contribution is -2.21. The van der Waals surface area contributed by atoms with Gasteiger partial charge in [0.2, 0.25) is 18.0 Å². The van der Waals surface area contributed by atoms with Gasteiger partial charge in [0.15, 0.2) is 0 Å². The lowest BCUT2D eigenvalue weighted by atomic mass is 9.93. The van der Waals surface area contributed by atoms with Crippen LogP contribution in [0.25, 0.3) is 0 Å². The molecule has 0 bridgehead atoms. The van der Waals surface area contributed by atoms with Crippen molar-refractivity contribution in [3.8, 4) is 0 Å². The Morgan fingerprint density at radius 2 is 2.07 bits per heavy atom. The van der Waals surface area contributed by atoms with Crippen LogP contribution in [0.15, 0.2) is 32.9 Å². The van der Waals surface area contributed by atoms with Crippen LogP contribution < -0.4 is 0 Å². The maximum atomic E-state index is 13.8. The molecule has 0 aromatic rings. The quantitative estimate of drug-likeness (QED) is 0.395. The zero-order valence-electron chi connectivity index (χ0n) is 8.37. The molecule has 0 saturated heterocycles. The van der Waals surface area contributed by atoms with Crippen LogP contribution in [-0.2, 0) is 9.59 Å². The maximum Gasteiger partial charge on any atom is 0.240 e. The number of aliphatic imine (C=N–C) groups is 2. The van der Waals surface area contributed by atoms with E-state index in [4.69, 9.17) is 0 Å². The van der Waals surface area contributed by atoms with Crippen molar-refractivity contribution in [3.05, 3.63) is 22.9 Å². The smallest absolute Gasteiger partial charge is 0.212 e. The number of carbonyl (C=O) groups excluding carboxylic acids is 2. The highest BCUT2D eigenvalue weighted by Crippen LogP contribution is 2.35. The molecule has 0 N–H and O–H groups in total. The predicted octanol–water partition coefficient (Wildman–Crippen LogP) is 1.95. The van der Waals surface area contributed by atoms with Crippen LogP contribution in [0.4, 0.5) is 4.39 Å². The Labute approximate surface area is 85.9 Å². The van der Waals surface area contributed by atoms with Gasteiger partial charge in [-0.1, -0.05) is 0 Å². The Morgan fingerprint density at radius 1 is 1.40 bits per heavy atom. The van der Waals surface area contributed by atoms with Crippen molar-refractivity contribution in [2.75, 3.05) is 0 Å². The lowest BCUT2D eigenvalue weighted by Gasteiger charge is -2.22. The standard InChI is InChI=1S/C10H9FN2O2/c1-7-3-10(11,13-6-15)4-8(2)9(7)12-5-14/h3H,4H2,1-2H3. The summed E-state index contributed by atoms with van der Waals surface area (Å²) in [6.45, 7) is 3.22. The molecular formula is C10H9FN2O2. The summed E-state index contributed by atoms with van der Waals surface area (Å²) in [5.41, 5.74) is 1.42. The largest absolute Gasteiger partial charge is 0.240 e. The second-order valence-electron chi connectivity index (χ2n) is 3.36. The molecule has 0 aliphatic heterocycles. The van der Waals surface area contributed by atoms with Crippen molar-refractivity contribution in [3.63, 3.8) is 0 Å². The Kier molecular flexibility index (Phi) is 3.10. The molecule has 0 aromatic heterocycles. The van der Waals surface area contributed by atoms with Gasteiger partial charge in [0.25, 0.3) is 0 Å². The zero-order chi connectivity index (χ0) is 11.5. The molecule has 1 unspecified atom stereocenters. The summed E-state index contributed by atoms with van der Waals surface area (Å²) in [7, 11) is 0. The molecule has 1 aliphatic rings. The van der Waals surface area contributed by atoms with Crippen LogP contribution in [0, 0.1) is 0 Å². The molecule has 0 fully saturated rings. The van der Waals surface area contributed by atoms with Crippen molar-refractivity contribution in [1.82, 2.24) is 0 Å². The highest BCUT2D eigenvalue weighted by molar-refractivity contribution is 5.48. The van der Waals surface area contributed by atoms with Gasteiger partial charge in [-0.15, -0.1) is 0 Å². The third-order valence-corrected chi connectivity index (χ3v) is 2.12. The van der Waals surface area contributed by atoms with Crippen LogP contribution in [0.2, 0.25) is 0 Å². The fourth-order valence-electron chi connectivity index (χ4n) is 1.62. The van der Waals surface area contributed by atoms with E-state index in [1.807, 2.05) is 0 Å². The molecular weight excluding hydrogens is 199 g/mol. The summed E-state index contributed by atoms with van der Waals surface area (Å²) in [6, 6.07) is 0. The molecule has 15 heavy (non-hydrogen) atoms. The van der Waals surface area contributed by atoms with Crippen molar-refractivity contribution < 1.29 is 14.0 Å². The van der Waals surface area contributed by atoms with Crippen LogP contribution >= 0.6 is 0 Å². The highest BCUT2D eigenvalue weighted by Gasteiger charge is 2.32. The summed E-state index contributed by atoms with van der Waals surface area (Å²) in [5.74, 6) is -2.06. The third kappa shape index (κ3) is 2.34. The Hall–Kier alpha value is -1.83. The summed E-state index contributed by atoms with van der Waals surface area (Å²) >= 11 is 0. The van der Waals surface area contributed by atoms with Crippen molar-refractivity contribution >= 4 is 12.2 Å². The normalized spacial score (nSPS) is 25.1. The van der Waals surface area contributed by atoms with E-state index in [2.05, 4.69) is 9.98 Å². The van der Waals surface area contributed by atoms with Crippen LogP contribution in [0.1, 0.15) is 20.3 Å². The number of halogens is 1. The molecule has 0 spiro atoms. The van der Waals surface area contributed by atoms with E-state index >= 15 is 0 Å². The molecule has 5 heteroatoms. The van der Waals surface area contributed by atoms with Gasteiger partial charge in [-0.05, 0) is 31.1 Å². The number of hydrogen-bond donors (Lipinski definition) is 0. The number of isocyanates is 2. The van der Waals surface area contributed by atoms with Gasteiger partial charge in [0, 0.05) is 6.42 Å². The Bertz CT molecular complexity index is 440. The molecule has 0 radical (unpaired) electrons. The van der Waals surface area contributed by atoms with E-state index in [0.717, 1.165) is 6.08 Å². The van der Waals surface area contributed by atoms with Crippen molar-refractivity contribution in [1.29, 1.82) is 0 Å². The molecule has 78 valence electrons. The summed E-state index contributed by atoms with van der Waals surface area (Å²) in [4.78, 5) is 26.7. The van der Waals surface area contributed by atoms with Gasteiger partial charge in [-0.2, -0.15) is 9.98 Å². The van der Waals surface area contributed by atoms with Gasteiger partial charge < -0.3 is 0 Å². The van der Waals surface area contributed by atoms with E-state index < -0.39 is 5.79 Å². The minimum atomic E-state index is -2.06. The van der Waals surface area contributed by atoms with Gasteiger partial charge >= 0.3 is 0 Å². The SMILES string of the molecule is CC1=CC(F)(N=C=O)CC(C)=C1N=C=O. The number of alkyl halides is 1. The Morgan fingerprint density at radius 3 is 2.53 bits per heavy atom. The summed E-state index contributed by atoms with van der Waals surface area (Å²) in [5, 5.41) is 0. The first kappa shape index (κ1) is 11.2. The topological polar surface area (TPSA) is 58.9 Å². The lowest BCUT2D eigenvalue weighted by molar-refractivity contribution is 0.236. The van der Waals surface area contributed by atoms with E-state index in [0.29, 0.717) is 16.8 Å². The second kappa shape index (κ2) is 4.13. The first-order valence-corrected chi connectivity index (χ1v) is 4.28. The molecule has 0 saturated carbocycles. The molecule has 1 rings (SSSR count). The molecule has 0 heterocycles. The molecule has 0 aromatic carbocycles. The third-order valence-electron chi connectivity index (χ3n) is 2.12. The number of nitrogens with zero attached hydrogens (tertiary/aromatic N) is 2. The van der Waals surface area contributed by atoms with Crippen LogP contribution in [0.5, 0.6) is 0 Å². The van der Waals surface area contributed by atoms with Gasteiger partial charge in [0.05, 0.1) is 5.70 Å². The maximum absolute atomic E-state index is 13.8. The van der Waals surface area contributed by atoms with E-state index in [1.54, 1.807) is 13.8 Å². The number of hydrogen-bond acceptors (Lipinski definition) is 4. The molecule has 1 aliphatic carbocycles. The summed E-state index contributed by atoms with van der Waals surface area (Å²) in [6.07, 6.45) is 3.65. The van der Waals surface area contributed by atoms with E-state index in [1.165, 1.54) is 12.2 Å².